The summed E-state index contributed by atoms with van der Waals surface area (Å²) >= 11 is 0. The van der Waals surface area contributed by atoms with Crippen LogP contribution in [-0.2, 0) is 10.9 Å². The van der Waals surface area contributed by atoms with E-state index in [0.717, 1.165) is 12.1 Å². The maximum atomic E-state index is 12.7. The Hall–Kier alpha value is -3.16. The van der Waals surface area contributed by atoms with Crippen LogP contribution in [0.3, 0.4) is 0 Å². The molecule has 5 nitrogen and oxygen atoms in total. The first-order chi connectivity index (χ1) is 12.8. The zero-order valence-electron chi connectivity index (χ0n) is 14.4. The number of aryl methyl sites for hydroxylation is 1. The normalized spacial score (nSPS) is 12.6. The van der Waals surface area contributed by atoms with Gasteiger partial charge in [-0.3, -0.25) is 0 Å². The van der Waals surface area contributed by atoms with E-state index in [9.17, 15) is 18.0 Å². The van der Waals surface area contributed by atoms with Crippen LogP contribution in [0, 0.1) is 6.92 Å². The number of carbonyl (C=O) groups is 1. The van der Waals surface area contributed by atoms with Gasteiger partial charge in [-0.25, -0.2) is 4.79 Å². The summed E-state index contributed by atoms with van der Waals surface area (Å²) in [6.07, 6.45) is -5.19. The van der Waals surface area contributed by atoms with Gasteiger partial charge in [0, 0.05) is 0 Å². The highest BCUT2D eigenvalue weighted by molar-refractivity contribution is 5.97. The van der Waals surface area contributed by atoms with Gasteiger partial charge in [-0.2, -0.15) is 18.2 Å². The van der Waals surface area contributed by atoms with E-state index in [1.165, 1.54) is 12.1 Å². The zero-order chi connectivity index (χ0) is 19.6. The minimum atomic E-state index is -4.42. The zero-order valence-corrected chi connectivity index (χ0v) is 14.4. The lowest BCUT2D eigenvalue weighted by Crippen LogP contribution is -2.11. The second kappa shape index (κ2) is 7.22. The molecule has 0 amide bonds. The topological polar surface area (TPSA) is 65.2 Å². The minimum Gasteiger partial charge on any atom is -0.449 e. The Morgan fingerprint density at radius 1 is 1.11 bits per heavy atom. The van der Waals surface area contributed by atoms with Crippen LogP contribution in [0.2, 0.25) is 0 Å². The third-order valence-corrected chi connectivity index (χ3v) is 3.85. The minimum absolute atomic E-state index is 0.160. The van der Waals surface area contributed by atoms with E-state index in [2.05, 4.69) is 10.1 Å². The SMILES string of the molecule is Cc1noc(C(C)OC(=O)c2ccccc2-c2ccc(C(F)(F)F)cc2)n1. The molecule has 0 N–H and O–H groups in total. The molecule has 0 aliphatic rings. The van der Waals surface area contributed by atoms with E-state index < -0.39 is 23.8 Å². The molecule has 8 heteroatoms. The van der Waals surface area contributed by atoms with Crippen molar-refractivity contribution in [1.82, 2.24) is 10.1 Å². The summed E-state index contributed by atoms with van der Waals surface area (Å²) in [5.41, 5.74) is 0.397. The number of aromatic nitrogens is 2. The molecular weight excluding hydrogens is 361 g/mol. The van der Waals surface area contributed by atoms with E-state index in [1.54, 1.807) is 38.1 Å². The first kappa shape index (κ1) is 18.6. The van der Waals surface area contributed by atoms with Crippen molar-refractivity contribution in [3.8, 4) is 11.1 Å². The highest BCUT2D eigenvalue weighted by atomic mass is 19.4. The summed E-state index contributed by atoms with van der Waals surface area (Å²) in [6.45, 7) is 3.23. The molecule has 1 unspecified atom stereocenters. The molecule has 2 aromatic carbocycles. The molecule has 3 aromatic rings. The molecule has 1 aromatic heterocycles. The molecule has 0 radical (unpaired) electrons. The van der Waals surface area contributed by atoms with Gasteiger partial charge >= 0.3 is 12.1 Å². The van der Waals surface area contributed by atoms with Crippen molar-refractivity contribution < 1.29 is 27.2 Å². The van der Waals surface area contributed by atoms with Crippen LogP contribution in [0.15, 0.2) is 53.1 Å². The lowest BCUT2D eigenvalue weighted by molar-refractivity contribution is -0.137. The van der Waals surface area contributed by atoms with Crippen LogP contribution in [0.4, 0.5) is 13.2 Å². The number of hydrogen-bond acceptors (Lipinski definition) is 5. The molecule has 0 aliphatic carbocycles. The van der Waals surface area contributed by atoms with Crippen LogP contribution in [0.1, 0.15) is 40.7 Å². The smallest absolute Gasteiger partial charge is 0.416 e. The van der Waals surface area contributed by atoms with Crippen LogP contribution >= 0.6 is 0 Å². The second-order valence-corrected chi connectivity index (χ2v) is 5.85. The Morgan fingerprint density at radius 3 is 2.37 bits per heavy atom. The van der Waals surface area contributed by atoms with Crippen molar-refractivity contribution in [3.05, 3.63) is 71.4 Å². The maximum absolute atomic E-state index is 12.7. The molecule has 1 atom stereocenters. The molecule has 0 saturated heterocycles. The molecule has 0 bridgehead atoms. The molecule has 27 heavy (non-hydrogen) atoms. The van der Waals surface area contributed by atoms with Gasteiger partial charge in [0.15, 0.2) is 11.9 Å². The first-order valence-electron chi connectivity index (χ1n) is 8.03. The second-order valence-electron chi connectivity index (χ2n) is 5.85. The standard InChI is InChI=1S/C19H15F3N2O3/c1-11(17-23-12(2)24-27-17)26-18(25)16-6-4-3-5-15(16)13-7-9-14(10-8-13)19(20,21)22/h3-11H,1-2H3. The fourth-order valence-corrected chi connectivity index (χ4v) is 2.50. The number of nitrogens with zero attached hydrogens (tertiary/aromatic N) is 2. The van der Waals surface area contributed by atoms with Crippen molar-refractivity contribution in [2.24, 2.45) is 0 Å². The van der Waals surface area contributed by atoms with E-state index in [0.29, 0.717) is 17.0 Å². The molecule has 1 heterocycles. The number of ether oxygens (including phenoxy) is 1. The number of benzene rings is 2. The molecular formula is C19H15F3N2O3. The fraction of sp³-hybridized carbons (Fsp3) is 0.211. The van der Waals surface area contributed by atoms with Crippen molar-refractivity contribution >= 4 is 5.97 Å². The number of rotatable bonds is 4. The Kier molecular flexibility index (Phi) is 4.98. The Labute approximate surface area is 152 Å². The summed E-state index contributed by atoms with van der Waals surface area (Å²) in [7, 11) is 0. The number of alkyl halides is 3. The Bertz CT molecular complexity index is 949. The number of halogens is 3. The summed E-state index contributed by atoms with van der Waals surface area (Å²) in [4.78, 5) is 16.6. The van der Waals surface area contributed by atoms with Gasteiger partial charge in [0.2, 0.25) is 0 Å². The van der Waals surface area contributed by atoms with E-state index >= 15 is 0 Å². The highest BCUT2D eigenvalue weighted by Crippen LogP contribution is 2.32. The molecule has 140 valence electrons. The van der Waals surface area contributed by atoms with E-state index in [1.807, 2.05) is 0 Å². The van der Waals surface area contributed by atoms with Gasteiger partial charge in [-0.1, -0.05) is 35.5 Å². The summed E-state index contributed by atoms with van der Waals surface area (Å²) in [6, 6.07) is 11.1. The first-order valence-corrected chi connectivity index (χ1v) is 8.03. The average Bonchev–Trinajstić information content (AvgIpc) is 3.07. The molecule has 0 saturated carbocycles. The Balaban J connectivity index is 1.86. The van der Waals surface area contributed by atoms with Crippen molar-refractivity contribution in [1.29, 1.82) is 0 Å². The number of carbonyl (C=O) groups excluding carboxylic acids is 1. The highest BCUT2D eigenvalue weighted by Gasteiger charge is 2.30. The lowest BCUT2D eigenvalue weighted by Gasteiger charge is -2.13. The predicted octanol–water partition coefficient (Wildman–Crippen LogP) is 4.98. The van der Waals surface area contributed by atoms with Gasteiger partial charge < -0.3 is 9.26 Å². The van der Waals surface area contributed by atoms with Crippen LogP contribution in [0.25, 0.3) is 11.1 Å². The van der Waals surface area contributed by atoms with E-state index in [4.69, 9.17) is 9.26 Å². The largest absolute Gasteiger partial charge is 0.449 e. The van der Waals surface area contributed by atoms with Gasteiger partial charge in [0.05, 0.1) is 11.1 Å². The third kappa shape index (κ3) is 4.16. The van der Waals surface area contributed by atoms with Gasteiger partial charge in [-0.05, 0) is 43.2 Å². The maximum Gasteiger partial charge on any atom is 0.416 e. The van der Waals surface area contributed by atoms with E-state index in [-0.39, 0.29) is 11.5 Å². The monoisotopic (exact) mass is 376 g/mol. The third-order valence-electron chi connectivity index (χ3n) is 3.85. The summed E-state index contributed by atoms with van der Waals surface area (Å²) in [5.74, 6) is -0.0697. The quantitative estimate of drug-likeness (QED) is 0.601. The molecule has 0 fully saturated rings. The van der Waals surface area contributed by atoms with Crippen molar-refractivity contribution in [2.45, 2.75) is 26.1 Å². The van der Waals surface area contributed by atoms with Crippen LogP contribution < -0.4 is 0 Å². The number of esters is 1. The van der Waals surface area contributed by atoms with Crippen LogP contribution in [0.5, 0.6) is 0 Å². The molecule has 3 rings (SSSR count). The summed E-state index contributed by atoms with van der Waals surface area (Å²) < 4.78 is 48.6. The predicted molar refractivity (Wildman–Crippen MR) is 89.7 cm³/mol. The van der Waals surface area contributed by atoms with Gasteiger partial charge in [0.1, 0.15) is 0 Å². The van der Waals surface area contributed by atoms with Crippen LogP contribution in [-0.4, -0.2) is 16.1 Å². The molecule has 0 aliphatic heterocycles. The van der Waals surface area contributed by atoms with Gasteiger partial charge in [0.25, 0.3) is 5.89 Å². The van der Waals surface area contributed by atoms with Crippen molar-refractivity contribution in [3.63, 3.8) is 0 Å². The molecule has 0 spiro atoms. The fourth-order valence-electron chi connectivity index (χ4n) is 2.50. The summed E-state index contributed by atoms with van der Waals surface area (Å²) in [5, 5.41) is 3.64. The lowest BCUT2D eigenvalue weighted by atomic mass is 9.98. The van der Waals surface area contributed by atoms with Gasteiger partial charge in [-0.15, -0.1) is 0 Å². The van der Waals surface area contributed by atoms with Crippen molar-refractivity contribution in [2.75, 3.05) is 0 Å². The average molecular weight is 376 g/mol. The number of hydrogen-bond donors (Lipinski definition) is 0. The Morgan fingerprint density at radius 2 is 1.78 bits per heavy atom.